The SMILES string of the molecule is CCC1(C)CC(CO)(NCc2ccccc2)CCO1. The highest BCUT2D eigenvalue weighted by Gasteiger charge is 2.41. The van der Waals surface area contributed by atoms with E-state index in [0.717, 1.165) is 25.8 Å². The van der Waals surface area contributed by atoms with E-state index >= 15 is 0 Å². The number of aliphatic hydroxyl groups is 1. The summed E-state index contributed by atoms with van der Waals surface area (Å²) in [5.41, 5.74) is 0.920. The molecule has 0 aromatic heterocycles. The molecular weight excluding hydrogens is 238 g/mol. The molecular formula is C16H25NO2. The van der Waals surface area contributed by atoms with Gasteiger partial charge in [-0.15, -0.1) is 0 Å². The quantitative estimate of drug-likeness (QED) is 0.857. The monoisotopic (exact) mass is 263 g/mol. The third-order valence-corrected chi connectivity index (χ3v) is 4.30. The van der Waals surface area contributed by atoms with Crippen LogP contribution in [0.25, 0.3) is 0 Å². The Kier molecular flexibility index (Phi) is 4.61. The number of hydrogen-bond donors (Lipinski definition) is 2. The van der Waals surface area contributed by atoms with Crippen molar-refractivity contribution in [1.29, 1.82) is 0 Å². The Labute approximate surface area is 116 Å². The van der Waals surface area contributed by atoms with Crippen molar-refractivity contribution in [2.75, 3.05) is 13.2 Å². The maximum atomic E-state index is 9.83. The Morgan fingerprint density at radius 1 is 1.32 bits per heavy atom. The van der Waals surface area contributed by atoms with Crippen molar-refractivity contribution in [3.05, 3.63) is 35.9 Å². The topological polar surface area (TPSA) is 41.5 Å². The zero-order valence-corrected chi connectivity index (χ0v) is 12.0. The molecule has 19 heavy (non-hydrogen) atoms. The average molecular weight is 263 g/mol. The van der Waals surface area contributed by atoms with Gasteiger partial charge in [0, 0.05) is 18.7 Å². The summed E-state index contributed by atoms with van der Waals surface area (Å²) in [7, 11) is 0. The molecule has 2 rings (SSSR count). The predicted molar refractivity (Wildman–Crippen MR) is 77.0 cm³/mol. The van der Waals surface area contributed by atoms with Gasteiger partial charge in [-0.25, -0.2) is 0 Å². The van der Waals surface area contributed by atoms with Crippen molar-refractivity contribution in [1.82, 2.24) is 5.32 Å². The van der Waals surface area contributed by atoms with Crippen molar-refractivity contribution in [2.24, 2.45) is 0 Å². The zero-order chi connectivity index (χ0) is 13.8. The lowest BCUT2D eigenvalue weighted by atomic mass is 9.79. The molecule has 3 nitrogen and oxygen atoms in total. The minimum absolute atomic E-state index is 0.120. The number of aliphatic hydroxyl groups excluding tert-OH is 1. The molecule has 3 heteroatoms. The Hall–Kier alpha value is -0.900. The van der Waals surface area contributed by atoms with E-state index in [1.807, 2.05) is 18.2 Å². The molecule has 0 saturated carbocycles. The Morgan fingerprint density at radius 2 is 2.05 bits per heavy atom. The van der Waals surface area contributed by atoms with Gasteiger partial charge in [0.25, 0.3) is 0 Å². The van der Waals surface area contributed by atoms with Crippen molar-refractivity contribution in [2.45, 2.75) is 50.8 Å². The molecule has 1 aliphatic heterocycles. The van der Waals surface area contributed by atoms with Gasteiger partial charge >= 0.3 is 0 Å². The molecule has 2 atom stereocenters. The fourth-order valence-electron chi connectivity index (χ4n) is 2.80. The molecule has 1 heterocycles. The average Bonchev–Trinajstić information content (AvgIpc) is 2.46. The Morgan fingerprint density at radius 3 is 2.68 bits per heavy atom. The molecule has 0 bridgehead atoms. The van der Waals surface area contributed by atoms with E-state index in [9.17, 15) is 5.11 Å². The second-order valence-electron chi connectivity index (χ2n) is 5.86. The highest BCUT2D eigenvalue weighted by Crippen LogP contribution is 2.34. The van der Waals surface area contributed by atoms with Gasteiger partial charge in [0.1, 0.15) is 0 Å². The van der Waals surface area contributed by atoms with Crippen LogP contribution < -0.4 is 5.32 Å². The Bertz CT molecular complexity index is 395. The van der Waals surface area contributed by atoms with E-state index < -0.39 is 0 Å². The first-order valence-electron chi connectivity index (χ1n) is 7.15. The summed E-state index contributed by atoms with van der Waals surface area (Å²) in [5, 5.41) is 13.4. The molecule has 0 aliphatic carbocycles. The second-order valence-corrected chi connectivity index (χ2v) is 5.86. The van der Waals surface area contributed by atoms with Gasteiger partial charge in [-0.1, -0.05) is 37.3 Å². The molecule has 1 aliphatic rings. The largest absolute Gasteiger partial charge is 0.394 e. The van der Waals surface area contributed by atoms with Gasteiger partial charge in [0.05, 0.1) is 12.2 Å². The first-order valence-corrected chi connectivity index (χ1v) is 7.15. The smallest absolute Gasteiger partial charge is 0.0670 e. The highest BCUT2D eigenvalue weighted by atomic mass is 16.5. The van der Waals surface area contributed by atoms with Crippen LogP contribution in [-0.4, -0.2) is 29.5 Å². The second kappa shape index (κ2) is 6.04. The van der Waals surface area contributed by atoms with Gasteiger partial charge in [0.2, 0.25) is 0 Å². The highest BCUT2D eigenvalue weighted by molar-refractivity contribution is 5.15. The van der Waals surface area contributed by atoms with Gasteiger partial charge in [-0.3, -0.25) is 0 Å². The molecule has 2 unspecified atom stereocenters. The maximum absolute atomic E-state index is 9.83. The number of rotatable bonds is 5. The van der Waals surface area contributed by atoms with Crippen LogP contribution in [-0.2, 0) is 11.3 Å². The van der Waals surface area contributed by atoms with Crippen molar-refractivity contribution in [3.63, 3.8) is 0 Å². The van der Waals surface area contributed by atoms with E-state index in [0.29, 0.717) is 6.61 Å². The van der Waals surface area contributed by atoms with E-state index in [1.54, 1.807) is 0 Å². The molecule has 0 radical (unpaired) electrons. The van der Waals surface area contributed by atoms with Crippen LogP contribution >= 0.6 is 0 Å². The lowest BCUT2D eigenvalue weighted by Crippen LogP contribution is -2.57. The van der Waals surface area contributed by atoms with Crippen LogP contribution in [0.4, 0.5) is 0 Å². The molecule has 1 aromatic carbocycles. The first kappa shape index (κ1) is 14.5. The number of hydrogen-bond acceptors (Lipinski definition) is 3. The lowest BCUT2D eigenvalue weighted by Gasteiger charge is -2.46. The summed E-state index contributed by atoms with van der Waals surface area (Å²) in [6.07, 6.45) is 2.70. The van der Waals surface area contributed by atoms with E-state index in [2.05, 4.69) is 31.3 Å². The van der Waals surface area contributed by atoms with Gasteiger partial charge in [0.15, 0.2) is 0 Å². The van der Waals surface area contributed by atoms with Gasteiger partial charge in [-0.2, -0.15) is 0 Å². The molecule has 0 spiro atoms. The Balaban J connectivity index is 2.02. The van der Waals surface area contributed by atoms with Crippen LogP contribution in [0.3, 0.4) is 0 Å². The van der Waals surface area contributed by atoms with Crippen LogP contribution in [0.15, 0.2) is 30.3 Å². The number of nitrogens with one attached hydrogen (secondary N) is 1. The van der Waals surface area contributed by atoms with Gasteiger partial charge < -0.3 is 15.2 Å². The van der Waals surface area contributed by atoms with Crippen LogP contribution in [0.1, 0.15) is 38.7 Å². The normalized spacial score (nSPS) is 31.3. The molecule has 2 N–H and O–H groups in total. The summed E-state index contributed by atoms with van der Waals surface area (Å²) >= 11 is 0. The fourth-order valence-corrected chi connectivity index (χ4v) is 2.80. The summed E-state index contributed by atoms with van der Waals surface area (Å²) in [6, 6.07) is 10.3. The third kappa shape index (κ3) is 3.56. The molecule has 1 aromatic rings. The minimum Gasteiger partial charge on any atom is -0.394 e. The maximum Gasteiger partial charge on any atom is 0.0670 e. The van der Waals surface area contributed by atoms with E-state index in [4.69, 9.17) is 4.74 Å². The minimum atomic E-state index is -0.209. The zero-order valence-electron chi connectivity index (χ0n) is 12.0. The molecule has 106 valence electrons. The van der Waals surface area contributed by atoms with Crippen LogP contribution in [0.2, 0.25) is 0 Å². The van der Waals surface area contributed by atoms with E-state index in [-0.39, 0.29) is 17.7 Å². The van der Waals surface area contributed by atoms with Crippen molar-refractivity contribution < 1.29 is 9.84 Å². The van der Waals surface area contributed by atoms with Gasteiger partial charge in [-0.05, 0) is 31.7 Å². The molecule has 0 amide bonds. The van der Waals surface area contributed by atoms with Crippen LogP contribution in [0, 0.1) is 0 Å². The van der Waals surface area contributed by atoms with Crippen molar-refractivity contribution in [3.8, 4) is 0 Å². The lowest BCUT2D eigenvalue weighted by molar-refractivity contribution is -0.111. The predicted octanol–water partition coefficient (Wildman–Crippen LogP) is 2.49. The summed E-state index contributed by atoms with van der Waals surface area (Å²) in [5.74, 6) is 0. The van der Waals surface area contributed by atoms with Crippen LogP contribution in [0.5, 0.6) is 0 Å². The summed E-state index contributed by atoms with van der Waals surface area (Å²) < 4.78 is 5.87. The number of benzene rings is 1. The van der Waals surface area contributed by atoms with Crippen molar-refractivity contribution >= 4 is 0 Å². The van der Waals surface area contributed by atoms with E-state index in [1.165, 1.54) is 5.56 Å². The first-order chi connectivity index (χ1) is 9.11. The third-order valence-electron chi connectivity index (χ3n) is 4.30. The standard InChI is InChI=1S/C16H25NO2/c1-3-15(2)12-16(13-18,9-10-19-15)17-11-14-7-5-4-6-8-14/h4-8,17-18H,3,9-13H2,1-2H3. The fraction of sp³-hybridized carbons (Fsp3) is 0.625. The summed E-state index contributed by atoms with van der Waals surface area (Å²) in [6.45, 7) is 5.96. The summed E-state index contributed by atoms with van der Waals surface area (Å²) in [4.78, 5) is 0. The molecule has 1 saturated heterocycles. The molecule has 1 fully saturated rings. The number of ether oxygens (including phenoxy) is 1.